The van der Waals surface area contributed by atoms with Crippen LogP contribution in [0.3, 0.4) is 0 Å². The number of nitrogens with zero attached hydrogens (tertiary/aromatic N) is 3. The van der Waals surface area contributed by atoms with Crippen molar-refractivity contribution in [2.24, 2.45) is 0 Å². The highest BCUT2D eigenvalue weighted by atomic mass is 35.5. The molecule has 28 heavy (non-hydrogen) atoms. The Labute approximate surface area is 169 Å². The summed E-state index contributed by atoms with van der Waals surface area (Å²) in [7, 11) is 0. The summed E-state index contributed by atoms with van der Waals surface area (Å²) in [6.45, 7) is 1.71. The number of aromatic nitrogens is 2. The van der Waals surface area contributed by atoms with Gasteiger partial charge in [-0.3, -0.25) is 14.6 Å². The zero-order valence-corrected chi connectivity index (χ0v) is 16.3. The van der Waals surface area contributed by atoms with Crippen molar-refractivity contribution in [1.29, 1.82) is 0 Å². The number of nitrogens with one attached hydrogen (secondary N) is 1. The van der Waals surface area contributed by atoms with E-state index in [-0.39, 0.29) is 17.9 Å². The summed E-state index contributed by atoms with van der Waals surface area (Å²) >= 11 is 6.04. The minimum Gasteiger partial charge on any atom is -0.492 e. The van der Waals surface area contributed by atoms with Crippen LogP contribution < -0.4 is 10.1 Å². The zero-order valence-electron chi connectivity index (χ0n) is 15.5. The molecule has 0 unspecified atom stereocenters. The number of rotatable bonds is 7. The lowest BCUT2D eigenvalue weighted by Gasteiger charge is -2.32. The first kappa shape index (κ1) is 20.1. The minimum absolute atomic E-state index is 0.0436. The molecule has 0 bridgehead atoms. The van der Waals surface area contributed by atoms with Crippen molar-refractivity contribution < 1.29 is 14.3 Å². The van der Waals surface area contributed by atoms with Gasteiger partial charge in [0.05, 0.1) is 17.8 Å². The van der Waals surface area contributed by atoms with Gasteiger partial charge in [0.2, 0.25) is 5.91 Å². The molecule has 1 saturated heterocycles. The maximum atomic E-state index is 12.4. The van der Waals surface area contributed by atoms with E-state index in [1.165, 1.54) is 18.6 Å². The fourth-order valence-corrected chi connectivity index (χ4v) is 3.26. The lowest BCUT2D eigenvalue weighted by molar-refractivity contribution is -0.132. The molecule has 8 heteroatoms. The minimum atomic E-state index is -0.227. The van der Waals surface area contributed by atoms with Crippen LogP contribution in [0.1, 0.15) is 36.2 Å². The molecule has 1 N–H and O–H groups in total. The monoisotopic (exact) mass is 402 g/mol. The largest absolute Gasteiger partial charge is 0.492 e. The molecule has 0 atom stereocenters. The standard InChI is InChI=1S/C20H23ClN4O3/c21-16-4-1-2-5-18(16)28-13-3-6-19(26)25-11-7-15(8-12-25)24-20(27)17-14-22-9-10-23-17/h1-2,4-5,9-10,14-15H,3,6-8,11-13H2,(H,24,27). The SMILES string of the molecule is O=C(NC1CCN(C(=O)CCCOc2ccccc2Cl)CC1)c1cnccn1. The second-order valence-electron chi connectivity index (χ2n) is 6.60. The van der Waals surface area contributed by atoms with Crippen molar-refractivity contribution in [2.75, 3.05) is 19.7 Å². The predicted molar refractivity (Wildman–Crippen MR) is 105 cm³/mol. The number of hydrogen-bond donors (Lipinski definition) is 1. The Kier molecular flexibility index (Phi) is 7.19. The van der Waals surface area contributed by atoms with Gasteiger partial charge >= 0.3 is 0 Å². The van der Waals surface area contributed by atoms with Crippen LogP contribution in [-0.4, -0.2) is 52.4 Å². The number of halogens is 1. The second kappa shape index (κ2) is 10.0. The summed E-state index contributed by atoms with van der Waals surface area (Å²) in [5.74, 6) is 0.521. The van der Waals surface area contributed by atoms with Crippen molar-refractivity contribution in [3.05, 3.63) is 53.6 Å². The molecular weight excluding hydrogens is 380 g/mol. The lowest BCUT2D eigenvalue weighted by atomic mass is 10.0. The van der Waals surface area contributed by atoms with Crippen LogP contribution in [0.4, 0.5) is 0 Å². The number of likely N-dealkylation sites (tertiary alicyclic amines) is 1. The average molecular weight is 403 g/mol. The van der Waals surface area contributed by atoms with E-state index in [9.17, 15) is 9.59 Å². The van der Waals surface area contributed by atoms with E-state index in [1.54, 1.807) is 6.07 Å². The molecule has 148 valence electrons. The fourth-order valence-electron chi connectivity index (χ4n) is 3.07. The molecule has 1 fully saturated rings. The van der Waals surface area contributed by atoms with Crippen molar-refractivity contribution >= 4 is 23.4 Å². The summed E-state index contributed by atoms with van der Waals surface area (Å²) in [5.41, 5.74) is 0.305. The summed E-state index contributed by atoms with van der Waals surface area (Å²) in [6.07, 6.45) is 6.99. The number of benzene rings is 1. The summed E-state index contributed by atoms with van der Waals surface area (Å²) in [6, 6.07) is 7.33. The molecule has 1 aliphatic heterocycles. The predicted octanol–water partition coefficient (Wildman–Crippen LogP) is 2.71. The van der Waals surface area contributed by atoms with Crippen LogP contribution in [-0.2, 0) is 4.79 Å². The van der Waals surface area contributed by atoms with Gasteiger partial charge in [-0.05, 0) is 31.4 Å². The number of para-hydroxylation sites is 1. The molecule has 1 aromatic heterocycles. The second-order valence-corrected chi connectivity index (χ2v) is 7.01. The molecule has 3 rings (SSSR count). The first-order valence-electron chi connectivity index (χ1n) is 9.35. The van der Waals surface area contributed by atoms with E-state index < -0.39 is 0 Å². The number of piperidine rings is 1. The zero-order chi connectivity index (χ0) is 19.8. The highest BCUT2D eigenvalue weighted by Gasteiger charge is 2.24. The van der Waals surface area contributed by atoms with Gasteiger partial charge in [-0.15, -0.1) is 0 Å². The van der Waals surface area contributed by atoms with Gasteiger partial charge in [0.25, 0.3) is 5.91 Å². The molecule has 0 spiro atoms. The van der Waals surface area contributed by atoms with Crippen molar-refractivity contribution in [1.82, 2.24) is 20.2 Å². The Bertz CT molecular complexity index is 795. The van der Waals surface area contributed by atoms with Crippen molar-refractivity contribution in [3.8, 4) is 5.75 Å². The maximum absolute atomic E-state index is 12.4. The van der Waals surface area contributed by atoms with Crippen LogP contribution in [0.25, 0.3) is 0 Å². The first-order chi connectivity index (χ1) is 13.6. The lowest BCUT2D eigenvalue weighted by Crippen LogP contribution is -2.46. The molecule has 1 aromatic carbocycles. The quantitative estimate of drug-likeness (QED) is 0.720. The van der Waals surface area contributed by atoms with E-state index >= 15 is 0 Å². The van der Waals surface area contributed by atoms with Crippen molar-refractivity contribution in [3.63, 3.8) is 0 Å². The van der Waals surface area contributed by atoms with Crippen LogP contribution >= 0.6 is 11.6 Å². The van der Waals surface area contributed by atoms with Crippen LogP contribution in [0.2, 0.25) is 5.02 Å². The number of ether oxygens (including phenoxy) is 1. The van der Waals surface area contributed by atoms with Crippen LogP contribution in [0.15, 0.2) is 42.9 Å². The molecule has 7 nitrogen and oxygen atoms in total. The summed E-state index contributed by atoms with van der Waals surface area (Å²) in [5, 5.41) is 3.53. The average Bonchev–Trinajstić information content (AvgIpc) is 2.73. The topological polar surface area (TPSA) is 84.4 Å². The van der Waals surface area contributed by atoms with Crippen LogP contribution in [0.5, 0.6) is 5.75 Å². The summed E-state index contributed by atoms with van der Waals surface area (Å²) in [4.78, 5) is 34.2. The van der Waals surface area contributed by atoms with Gasteiger partial charge in [-0.1, -0.05) is 23.7 Å². The highest BCUT2D eigenvalue weighted by Crippen LogP contribution is 2.23. The van der Waals surface area contributed by atoms with E-state index in [0.29, 0.717) is 49.0 Å². The Morgan fingerprint density at radius 3 is 2.71 bits per heavy atom. The molecule has 2 heterocycles. The van der Waals surface area contributed by atoms with E-state index in [2.05, 4.69) is 15.3 Å². The van der Waals surface area contributed by atoms with E-state index in [4.69, 9.17) is 16.3 Å². The fraction of sp³-hybridized carbons (Fsp3) is 0.400. The van der Waals surface area contributed by atoms with E-state index in [1.807, 2.05) is 23.1 Å². The number of hydrogen-bond acceptors (Lipinski definition) is 5. The number of amides is 2. The maximum Gasteiger partial charge on any atom is 0.271 e. The third kappa shape index (κ3) is 5.66. The molecular formula is C20H23ClN4O3. The smallest absolute Gasteiger partial charge is 0.271 e. The Morgan fingerprint density at radius 2 is 2.00 bits per heavy atom. The van der Waals surface area contributed by atoms with Gasteiger partial charge in [0, 0.05) is 37.9 Å². The normalized spacial score (nSPS) is 14.5. The third-order valence-corrected chi connectivity index (χ3v) is 4.92. The molecule has 1 aliphatic rings. The Hall–Kier alpha value is -2.67. The van der Waals surface area contributed by atoms with Gasteiger partial charge in [0.1, 0.15) is 11.4 Å². The van der Waals surface area contributed by atoms with Gasteiger partial charge < -0.3 is 15.0 Å². The first-order valence-corrected chi connectivity index (χ1v) is 9.73. The molecule has 0 aliphatic carbocycles. The third-order valence-electron chi connectivity index (χ3n) is 4.61. The molecule has 2 amide bonds. The van der Waals surface area contributed by atoms with Gasteiger partial charge in [0.15, 0.2) is 0 Å². The van der Waals surface area contributed by atoms with Crippen LogP contribution in [0, 0.1) is 0 Å². The number of carbonyl (C=O) groups is 2. The summed E-state index contributed by atoms with van der Waals surface area (Å²) < 4.78 is 5.62. The molecule has 0 saturated carbocycles. The van der Waals surface area contributed by atoms with E-state index in [0.717, 1.165) is 12.8 Å². The number of carbonyl (C=O) groups excluding carboxylic acids is 2. The Balaban J connectivity index is 1.34. The molecule has 2 aromatic rings. The molecule has 0 radical (unpaired) electrons. The van der Waals surface area contributed by atoms with Crippen molar-refractivity contribution in [2.45, 2.75) is 31.7 Å². The van der Waals surface area contributed by atoms with Gasteiger partial charge in [-0.2, -0.15) is 0 Å². The van der Waals surface area contributed by atoms with Gasteiger partial charge in [-0.25, -0.2) is 4.98 Å². The Morgan fingerprint density at radius 1 is 1.21 bits per heavy atom. The highest BCUT2D eigenvalue weighted by molar-refractivity contribution is 6.32.